The second kappa shape index (κ2) is 11.6. The maximum Gasteiger partial charge on any atom is 0.264 e. The molecule has 0 aromatic heterocycles. The number of carbonyl (C=O) groups is 2. The normalized spacial score (nSPS) is 42.7. The summed E-state index contributed by atoms with van der Waals surface area (Å²) in [6.45, 7) is 14.1. The Morgan fingerprint density at radius 1 is 0.568 bits per heavy atom. The summed E-state index contributed by atoms with van der Waals surface area (Å²) in [7, 11) is 0. The quantitative estimate of drug-likeness (QED) is 0.342. The van der Waals surface area contributed by atoms with Crippen molar-refractivity contribution in [1.29, 1.82) is 0 Å². The van der Waals surface area contributed by atoms with Crippen LogP contribution in [-0.4, -0.2) is 123 Å². The minimum atomic E-state index is -0.883. The third-order valence-electron chi connectivity index (χ3n) is 8.00. The molecule has 6 fully saturated rings. The van der Waals surface area contributed by atoms with Crippen molar-refractivity contribution < 1.29 is 66.4 Å². The molecule has 6 heterocycles. The molecule has 2 amide bonds. The number of ether oxygens (including phenoxy) is 12. The number of amides is 2. The second-order valence-electron chi connectivity index (χ2n) is 13.5. The number of fused-ring (bicyclic) bond motifs is 2. The van der Waals surface area contributed by atoms with E-state index in [9.17, 15) is 9.59 Å². The number of hydrazine groups is 1. The SMILES string of the molecule is CC1(C)OCC(C2OC3OC(C)(C)OC3C2OCC(=O)NNC(=O)COC2C(C3COC(C)(C)O3)OC3OC(C)(C)OC32)O1. The van der Waals surface area contributed by atoms with Gasteiger partial charge in [-0.2, -0.15) is 0 Å². The first-order valence-corrected chi connectivity index (χ1v) is 15.0. The molecule has 16 heteroatoms. The molecule has 6 aliphatic rings. The van der Waals surface area contributed by atoms with E-state index in [2.05, 4.69) is 10.9 Å². The van der Waals surface area contributed by atoms with Crippen molar-refractivity contribution in [3.05, 3.63) is 0 Å². The van der Waals surface area contributed by atoms with E-state index >= 15 is 0 Å². The third kappa shape index (κ3) is 6.91. The highest BCUT2D eigenvalue weighted by Crippen LogP contribution is 2.43. The van der Waals surface area contributed by atoms with Crippen molar-refractivity contribution in [3.63, 3.8) is 0 Å². The van der Waals surface area contributed by atoms with Crippen LogP contribution in [0.5, 0.6) is 0 Å². The Labute approximate surface area is 255 Å². The van der Waals surface area contributed by atoms with E-state index < -0.39 is 110 Å². The van der Waals surface area contributed by atoms with E-state index in [1.807, 2.05) is 0 Å². The average Bonchev–Trinajstić information content (AvgIpc) is 3.71. The minimum absolute atomic E-state index is 0.281. The second-order valence-corrected chi connectivity index (χ2v) is 13.5. The van der Waals surface area contributed by atoms with Crippen molar-refractivity contribution in [2.24, 2.45) is 0 Å². The van der Waals surface area contributed by atoms with Gasteiger partial charge in [-0.15, -0.1) is 0 Å². The van der Waals surface area contributed by atoms with Gasteiger partial charge in [-0.1, -0.05) is 0 Å². The predicted octanol–water partition coefficient (Wildman–Crippen LogP) is -0.0400. The summed E-state index contributed by atoms with van der Waals surface area (Å²) in [4.78, 5) is 25.4. The summed E-state index contributed by atoms with van der Waals surface area (Å²) in [5, 5.41) is 0. The molecule has 0 radical (unpaired) electrons. The van der Waals surface area contributed by atoms with Crippen LogP contribution in [0.1, 0.15) is 55.4 Å². The van der Waals surface area contributed by atoms with E-state index in [1.165, 1.54) is 0 Å². The molecule has 10 unspecified atom stereocenters. The summed E-state index contributed by atoms with van der Waals surface area (Å²) >= 11 is 0. The Kier molecular flexibility index (Phi) is 8.55. The highest BCUT2D eigenvalue weighted by Gasteiger charge is 2.60. The molecule has 0 aromatic carbocycles. The number of rotatable bonds is 8. The van der Waals surface area contributed by atoms with Crippen molar-refractivity contribution in [2.75, 3.05) is 26.4 Å². The Morgan fingerprint density at radius 2 is 0.955 bits per heavy atom. The lowest BCUT2D eigenvalue weighted by Crippen LogP contribution is -2.49. The minimum Gasteiger partial charge on any atom is -0.363 e. The number of nitrogens with one attached hydrogen (secondary N) is 2. The van der Waals surface area contributed by atoms with Gasteiger partial charge in [-0.3, -0.25) is 20.4 Å². The summed E-state index contributed by atoms with van der Waals surface area (Å²) < 4.78 is 71.1. The van der Waals surface area contributed by atoms with E-state index in [4.69, 9.17) is 56.8 Å². The lowest BCUT2D eigenvalue weighted by molar-refractivity contribution is -0.236. The Morgan fingerprint density at radius 3 is 1.30 bits per heavy atom. The zero-order chi connectivity index (χ0) is 31.7. The van der Waals surface area contributed by atoms with Gasteiger partial charge in [0.25, 0.3) is 11.8 Å². The van der Waals surface area contributed by atoms with Crippen LogP contribution >= 0.6 is 0 Å². The first kappa shape index (κ1) is 32.4. The van der Waals surface area contributed by atoms with Gasteiger partial charge in [0, 0.05) is 0 Å². The van der Waals surface area contributed by atoms with Crippen LogP contribution in [-0.2, 0) is 66.4 Å². The van der Waals surface area contributed by atoms with Crippen LogP contribution in [0.3, 0.4) is 0 Å². The molecular formula is C28H44N2O14. The van der Waals surface area contributed by atoms with Crippen LogP contribution in [0.4, 0.5) is 0 Å². The van der Waals surface area contributed by atoms with Crippen molar-refractivity contribution in [1.82, 2.24) is 10.9 Å². The summed E-state index contributed by atoms with van der Waals surface area (Å²) in [5.41, 5.74) is 4.69. The molecule has 16 nitrogen and oxygen atoms in total. The number of hydrogen-bond acceptors (Lipinski definition) is 14. The Bertz CT molecular complexity index is 1020. The largest absolute Gasteiger partial charge is 0.363 e. The topological polar surface area (TPSA) is 169 Å². The van der Waals surface area contributed by atoms with Crippen molar-refractivity contribution in [3.8, 4) is 0 Å². The molecule has 0 saturated carbocycles. The highest BCUT2D eigenvalue weighted by atomic mass is 16.9. The maximum atomic E-state index is 12.7. The smallest absolute Gasteiger partial charge is 0.264 e. The molecule has 6 saturated heterocycles. The zero-order valence-electron chi connectivity index (χ0n) is 26.3. The van der Waals surface area contributed by atoms with Crippen LogP contribution in [0, 0.1) is 0 Å². The van der Waals surface area contributed by atoms with Crippen LogP contribution in [0.25, 0.3) is 0 Å². The Hall–Kier alpha value is -1.54. The molecule has 10 atom stereocenters. The van der Waals surface area contributed by atoms with E-state index in [-0.39, 0.29) is 13.2 Å². The van der Waals surface area contributed by atoms with Gasteiger partial charge in [0.05, 0.1) is 13.2 Å². The van der Waals surface area contributed by atoms with Gasteiger partial charge in [0.2, 0.25) is 0 Å². The first-order chi connectivity index (χ1) is 20.5. The number of carbonyl (C=O) groups excluding carboxylic acids is 2. The molecule has 0 bridgehead atoms. The fourth-order valence-electron chi connectivity index (χ4n) is 6.30. The van der Waals surface area contributed by atoms with Gasteiger partial charge >= 0.3 is 0 Å². The highest BCUT2D eigenvalue weighted by molar-refractivity contribution is 5.83. The van der Waals surface area contributed by atoms with Gasteiger partial charge in [0.1, 0.15) is 62.0 Å². The first-order valence-electron chi connectivity index (χ1n) is 15.0. The van der Waals surface area contributed by atoms with E-state index in [1.54, 1.807) is 55.4 Å². The standard InChI is InChI=1S/C28H44N2O14/c1-25(2)35-9-13(39-25)17-19(21-23(37-17)43-27(5,6)41-21)33-11-15(31)29-30-16(32)12-34-20-18(14-10-36-26(3,4)40-14)38-24-22(20)42-28(7,8)44-24/h13-14,17-24H,9-12H2,1-8H3,(H,29,31)(H,30,32). The third-order valence-corrected chi connectivity index (χ3v) is 8.00. The lowest BCUT2D eigenvalue weighted by atomic mass is 10.1. The molecule has 6 aliphatic heterocycles. The van der Waals surface area contributed by atoms with Gasteiger partial charge in [-0.05, 0) is 55.4 Å². The monoisotopic (exact) mass is 632 g/mol. The van der Waals surface area contributed by atoms with Crippen molar-refractivity contribution >= 4 is 11.8 Å². The molecule has 44 heavy (non-hydrogen) atoms. The van der Waals surface area contributed by atoms with Crippen LogP contribution in [0.15, 0.2) is 0 Å². The lowest BCUT2D eigenvalue weighted by Gasteiger charge is -2.29. The molecule has 0 aliphatic carbocycles. The zero-order valence-corrected chi connectivity index (χ0v) is 26.3. The summed E-state index contributed by atoms with van der Waals surface area (Å²) in [5.74, 6) is -4.53. The summed E-state index contributed by atoms with van der Waals surface area (Å²) in [6, 6.07) is 0. The molecular weight excluding hydrogens is 588 g/mol. The van der Waals surface area contributed by atoms with Crippen molar-refractivity contribution in [2.45, 2.75) is 140 Å². The van der Waals surface area contributed by atoms with E-state index in [0.29, 0.717) is 0 Å². The predicted molar refractivity (Wildman–Crippen MR) is 143 cm³/mol. The molecule has 0 spiro atoms. The fraction of sp³-hybridized carbons (Fsp3) is 0.929. The Balaban J connectivity index is 0.996. The average molecular weight is 633 g/mol. The van der Waals surface area contributed by atoms with Gasteiger partial charge in [0.15, 0.2) is 35.7 Å². The molecule has 6 rings (SSSR count). The molecule has 2 N–H and O–H groups in total. The van der Waals surface area contributed by atoms with Gasteiger partial charge in [-0.25, -0.2) is 0 Å². The molecule has 250 valence electrons. The summed E-state index contributed by atoms with van der Waals surface area (Å²) in [6.07, 6.45) is -6.05. The van der Waals surface area contributed by atoms with Crippen LogP contribution in [0.2, 0.25) is 0 Å². The molecule has 0 aromatic rings. The van der Waals surface area contributed by atoms with E-state index in [0.717, 1.165) is 0 Å². The number of hydrogen-bond donors (Lipinski definition) is 2. The van der Waals surface area contributed by atoms with Crippen LogP contribution < -0.4 is 10.9 Å². The maximum absolute atomic E-state index is 12.7. The fourth-order valence-corrected chi connectivity index (χ4v) is 6.30. The van der Waals surface area contributed by atoms with Gasteiger partial charge < -0.3 is 56.8 Å².